The molecule has 1 aromatic heterocycles. The quantitative estimate of drug-likeness (QED) is 0.512. The SMILES string of the molecule is COc1ccc(OC)c(C(=O)CSc2ncc(-c3ccccc3)[nH]2)c1. The molecule has 0 aliphatic carbocycles. The van der Waals surface area contributed by atoms with Crippen molar-refractivity contribution in [2.24, 2.45) is 0 Å². The number of carbonyl (C=O) groups excluding carboxylic acids is 1. The van der Waals surface area contributed by atoms with Crippen molar-refractivity contribution in [1.29, 1.82) is 0 Å². The van der Waals surface area contributed by atoms with Gasteiger partial charge >= 0.3 is 0 Å². The van der Waals surface area contributed by atoms with E-state index in [9.17, 15) is 4.79 Å². The molecule has 3 aromatic rings. The third kappa shape index (κ3) is 4.03. The average Bonchev–Trinajstić information content (AvgIpc) is 3.15. The van der Waals surface area contributed by atoms with E-state index in [2.05, 4.69) is 9.97 Å². The molecule has 0 atom stereocenters. The lowest BCUT2D eigenvalue weighted by atomic mass is 10.1. The van der Waals surface area contributed by atoms with Gasteiger partial charge in [0, 0.05) is 0 Å². The third-order valence-electron chi connectivity index (χ3n) is 3.68. The average molecular weight is 354 g/mol. The van der Waals surface area contributed by atoms with Gasteiger partial charge in [-0.05, 0) is 23.8 Å². The van der Waals surface area contributed by atoms with Crippen LogP contribution in [-0.2, 0) is 0 Å². The number of aromatic nitrogens is 2. The molecule has 6 heteroatoms. The molecule has 0 saturated heterocycles. The highest BCUT2D eigenvalue weighted by molar-refractivity contribution is 7.99. The molecule has 25 heavy (non-hydrogen) atoms. The van der Waals surface area contributed by atoms with Gasteiger partial charge in [-0.2, -0.15) is 0 Å². The second-order valence-corrected chi connectivity index (χ2v) is 6.21. The first kappa shape index (κ1) is 17.1. The Balaban J connectivity index is 1.70. The van der Waals surface area contributed by atoms with E-state index in [0.29, 0.717) is 22.2 Å². The van der Waals surface area contributed by atoms with Gasteiger partial charge in [0.15, 0.2) is 10.9 Å². The number of H-pyrrole nitrogens is 1. The highest BCUT2D eigenvalue weighted by Gasteiger charge is 2.15. The van der Waals surface area contributed by atoms with Crippen molar-refractivity contribution in [3.8, 4) is 22.8 Å². The summed E-state index contributed by atoms with van der Waals surface area (Å²) < 4.78 is 10.5. The van der Waals surface area contributed by atoms with Crippen molar-refractivity contribution in [3.63, 3.8) is 0 Å². The number of benzene rings is 2. The third-order valence-corrected chi connectivity index (χ3v) is 4.57. The Bertz CT molecular complexity index is 862. The number of hydrogen-bond acceptors (Lipinski definition) is 5. The maximum absolute atomic E-state index is 12.5. The number of nitrogens with one attached hydrogen (secondary N) is 1. The Labute approximate surface area is 150 Å². The molecule has 0 spiro atoms. The summed E-state index contributed by atoms with van der Waals surface area (Å²) in [6, 6.07) is 15.1. The van der Waals surface area contributed by atoms with E-state index in [4.69, 9.17) is 9.47 Å². The maximum Gasteiger partial charge on any atom is 0.177 e. The zero-order chi connectivity index (χ0) is 17.6. The minimum Gasteiger partial charge on any atom is -0.497 e. The summed E-state index contributed by atoms with van der Waals surface area (Å²) in [7, 11) is 3.11. The number of nitrogens with zero attached hydrogens (tertiary/aromatic N) is 1. The van der Waals surface area contributed by atoms with Crippen LogP contribution in [0, 0.1) is 0 Å². The monoisotopic (exact) mass is 354 g/mol. The summed E-state index contributed by atoms with van der Waals surface area (Å²) in [5, 5.41) is 0.703. The van der Waals surface area contributed by atoms with Crippen molar-refractivity contribution in [2.75, 3.05) is 20.0 Å². The molecule has 128 valence electrons. The van der Waals surface area contributed by atoms with Crippen LogP contribution in [0.15, 0.2) is 59.9 Å². The Hall–Kier alpha value is -2.73. The molecule has 2 aromatic carbocycles. The van der Waals surface area contributed by atoms with Crippen LogP contribution in [0.1, 0.15) is 10.4 Å². The lowest BCUT2D eigenvalue weighted by Crippen LogP contribution is -2.05. The van der Waals surface area contributed by atoms with Crippen LogP contribution in [0.2, 0.25) is 0 Å². The number of carbonyl (C=O) groups is 1. The van der Waals surface area contributed by atoms with Gasteiger partial charge in [-0.3, -0.25) is 4.79 Å². The van der Waals surface area contributed by atoms with E-state index in [1.165, 1.54) is 11.8 Å². The van der Waals surface area contributed by atoms with Crippen LogP contribution in [0.25, 0.3) is 11.3 Å². The molecule has 0 radical (unpaired) electrons. The standard InChI is InChI=1S/C19H18N2O3S/c1-23-14-8-9-18(24-2)15(10-14)17(22)12-25-19-20-11-16(21-19)13-6-4-3-5-7-13/h3-11H,12H2,1-2H3,(H,20,21). The Morgan fingerprint density at radius 1 is 1.12 bits per heavy atom. The summed E-state index contributed by atoms with van der Waals surface area (Å²) in [4.78, 5) is 20.1. The van der Waals surface area contributed by atoms with Crippen LogP contribution >= 0.6 is 11.8 Å². The van der Waals surface area contributed by atoms with Gasteiger partial charge in [-0.1, -0.05) is 42.1 Å². The van der Waals surface area contributed by atoms with Crippen molar-refractivity contribution < 1.29 is 14.3 Å². The van der Waals surface area contributed by atoms with Crippen LogP contribution in [0.5, 0.6) is 11.5 Å². The molecule has 0 amide bonds. The van der Waals surface area contributed by atoms with Gasteiger partial charge in [0.05, 0.1) is 37.4 Å². The maximum atomic E-state index is 12.5. The number of imidazole rings is 1. The van der Waals surface area contributed by atoms with E-state index in [1.807, 2.05) is 30.3 Å². The second-order valence-electron chi connectivity index (χ2n) is 5.25. The summed E-state index contributed by atoms with van der Waals surface area (Å²) in [5.41, 5.74) is 2.49. The molecule has 0 aliphatic heterocycles. The number of hydrogen-bond donors (Lipinski definition) is 1. The molecular weight excluding hydrogens is 336 g/mol. The Kier molecular flexibility index (Phi) is 5.40. The normalized spacial score (nSPS) is 10.5. The molecule has 5 nitrogen and oxygen atoms in total. The van der Waals surface area contributed by atoms with E-state index < -0.39 is 0 Å². The summed E-state index contributed by atoms with van der Waals surface area (Å²) in [6.45, 7) is 0. The number of ether oxygens (including phenoxy) is 2. The molecule has 0 fully saturated rings. The van der Waals surface area contributed by atoms with E-state index >= 15 is 0 Å². The smallest absolute Gasteiger partial charge is 0.177 e. The first-order valence-electron chi connectivity index (χ1n) is 7.69. The number of aromatic amines is 1. The lowest BCUT2D eigenvalue weighted by molar-refractivity contribution is 0.101. The zero-order valence-corrected chi connectivity index (χ0v) is 14.8. The zero-order valence-electron chi connectivity index (χ0n) is 14.0. The number of rotatable bonds is 7. The minimum atomic E-state index is -0.0431. The van der Waals surface area contributed by atoms with Crippen molar-refractivity contribution >= 4 is 17.5 Å². The number of thioether (sulfide) groups is 1. The van der Waals surface area contributed by atoms with Crippen LogP contribution in [-0.4, -0.2) is 35.7 Å². The predicted octanol–water partition coefficient (Wildman–Crippen LogP) is 4.07. The Morgan fingerprint density at radius 3 is 2.64 bits per heavy atom. The highest BCUT2D eigenvalue weighted by atomic mass is 32.2. The molecule has 0 bridgehead atoms. The van der Waals surface area contributed by atoms with E-state index in [1.54, 1.807) is 38.6 Å². The van der Waals surface area contributed by atoms with Gasteiger partial charge < -0.3 is 14.5 Å². The van der Waals surface area contributed by atoms with Crippen LogP contribution < -0.4 is 9.47 Å². The molecule has 1 heterocycles. The topological polar surface area (TPSA) is 64.2 Å². The van der Waals surface area contributed by atoms with Gasteiger partial charge in [0.1, 0.15) is 11.5 Å². The lowest BCUT2D eigenvalue weighted by Gasteiger charge is -2.09. The molecule has 0 saturated carbocycles. The van der Waals surface area contributed by atoms with Gasteiger partial charge in [-0.15, -0.1) is 0 Å². The second kappa shape index (κ2) is 7.90. The molecule has 0 aliphatic rings. The molecule has 0 unspecified atom stereocenters. The van der Waals surface area contributed by atoms with Gasteiger partial charge in [0.25, 0.3) is 0 Å². The van der Waals surface area contributed by atoms with E-state index in [0.717, 1.165) is 11.3 Å². The summed E-state index contributed by atoms with van der Waals surface area (Å²) in [5.74, 6) is 1.37. The van der Waals surface area contributed by atoms with Crippen LogP contribution in [0.3, 0.4) is 0 Å². The predicted molar refractivity (Wildman–Crippen MR) is 98.6 cm³/mol. The number of methoxy groups -OCH3 is 2. The first-order chi connectivity index (χ1) is 12.2. The summed E-state index contributed by atoms with van der Waals surface area (Å²) >= 11 is 1.36. The van der Waals surface area contributed by atoms with Crippen molar-refractivity contribution in [3.05, 3.63) is 60.3 Å². The number of Topliss-reactive ketones (excluding diaryl/α,β-unsaturated/α-hetero) is 1. The first-order valence-corrected chi connectivity index (χ1v) is 8.68. The van der Waals surface area contributed by atoms with Gasteiger partial charge in [-0.25, -0.2) is 4.98 Å². The fourth-order valence-corrected chi connectivity index (χ4v) is 3.12. The minimum absolute atomic E-state index is 0.0431. The number of ketones is 1. The molecule has 3 rings (SSSR count). The summed E-state index contributed by atoms with van der Waals surface area (Å²) in [6.07, 6.45) is 1.77. The highest BCUT2D eigenvalue weighted by Crippen LogP contribution is 2.27. The largest absolute Gasteiger partial charge is 0.497 e. The Morgan fingerprint density at radius 2 is 1.92 bits per heavy atom. The van der Waals surface area contributed by atoms with E-state index in [-0.39, 0.29) is 11.5 Å². The van der Waals surface area contributed by atoms with Crippen molar-refractivity contribution in [2.45, 2.75) is 5.16 Å². The molecule has 1 N–H and O–H groups in total. The fraction of sp³-hybridized carbons (Fsp3) is 0.158. The van der Waals surface area contributed by atoms with Crippen molar-refractivity contribution in [1.82, 2.24) is 9.97 Å². The molecular formula is C19H18N2O3S. The van der Waals surface area contributed by atoms with Crippen LogP contribution in [0.4, 0.5) is 0 Å². The fourth-order valence-electron chi connectivity index (χ4n) is 2.38. The van der Waals surface area contributed by atoms with Gasteiger partial charge in [0.2, 0.25) is 0 Å².